The molecular formula is C15H17NO3. The fraction of sp³-hybridized carbons (Fsp3) is 0.267. The zero-order valence-corrected chi connectivity index (χ0v) is 11.1. The lowest BCUT2D eigenvalue weighted by Gasteiger charge is -2.02. The summed E-state index contributed by atoms with van der Waals surface area (Å²) in [6.45, 7) is 3.09. The van der Waals surface area contributed by atoms with Crippen LogP contribution in [0.2, 0.25) is 0 Å². The zero-order chi connectivity index (χ0) is 13.7. The maximum Gasteiger partial charge on any atom is 0.341 e. The minimum Gasteiger partial charge on any atom is -0.465 e. The second-order valence-corrected chi connectivity index (χ2v) is 4.26. The van der Waals surface area contributed by atoms with E-state index in [1.807, 2.05) is 18.2 Å². The molecule has 2 rings (SSSR count). The van der Waals surface area contributed by atoms with Crippen LogP contribution in [0.4, 0.5) is 0 Å². The number of methoxy groups -OCH3 is 1. The summed E-state index contributed by atoms with van der Waals surface area (Å²) in [4.78, 5) is 11.4. The molecule has 19 heavy (non-hydrogen) atoms. The highest BCUT2D eigenvalue weighted by Crippen LogP contribution is 2.15. The minimum atomic E-state index is -0.365. The van der Waals surface area contributed by atoms with Gasteiger partial charge in [-0.05, 0) is 18.6 Å². The van der Waals surface area contributed by atoms with Gasteiger partial charge in [-0.2, -0.15) is 0 Å². The maximum atomic E-state index is 11.4. The monoisotopic (exact) mass is 259 g/mol. The molecule has 0 amide bonds. The molecule has 4 nitrogen and oxygen atoms in total. The Bertz CT molecular complexity index is 546. The molecule has 0 aliphatic heterocycles. The number of carbonyl (C=O) groups excluding carboxylic acids is 1. The fourth-order valence-electron chi connectivity index (χ4n) is 1.87. The number of esters is 1. The van der Waals surface area contributed by atoms with Crippen LogP contribution in [0.1, 0.15) is 27.4 Å². The van der Waals surface area contributed by atoms with Crippen LogP contribution in [-0.4, -0.2) is 13.1 Å². The van der Waals surface area contributed by atoms with Gasteiger partial charge in [-0.3, -0.25) is 0 Å². The Morgan fingerprint density at radius 2 is 2.00 bits per heavy atom. The molecule has 1 heterocycles. The summed E-state index contributed by atoms with van der Waals surface area (Å²) in [5.41, 5.74) is 1.69. The Balaban J connectivity index is 1.92. The summed E-state index contributed by atoms with van der Waals surface area (Å²) in [7, 11) is 1.36. The van der Waals surface area contributed by atoms with E-state index in [1.54, 1.807) is 13.0 Å². The Morgan fingerprint density at radius 3 is 2.68 bits per heavy atom. The van der Waals surface area contributed by atoms with Gasteiger partial charge in [0.1, 0.15) is 17.1 Å². The third-order valence-electron chi connectivity index (χ3n) is 2.85. The summed E-state index contributed by atoms with van der Waals surface area (Å²) < 4.78 is 10.2. The SMILES string of the molecule is COC(=O)c1cc(CNCc2ccccc2)oc1C. The van der Waals surface area contributed by atoms with E-state index in [0.29, 0.717) is 17.9 Å². The van der Waals surface area contributed by atoms with Gasteiger partial charge in [-0.1, -0.05) is 30.3 Å². The van der Waals surface area contributed by atoms with Gasteiger partial charge >= 0.3 is 5.97 Å². The van der Waals surface area contributed by atoms with Crippen molar-refractivity contribution in [1.82, 2.24) is 5.32 Å². The van der Waals surface area contributed by atoms with Crippen molar-refractivity contribution in [2.24, 2.45) is 0 Å². The predicted molar refractivity (Wildman–Crippen MR) is 71.8 cm³/mol. The molecule has 0 unspecified atom stereocenters. The molecular weight excluding hydrogens is 242 g/mol. The first kappa shape index (κ1) is 13.4. The molecule has 0 radical (unpaired) electrons. The van der Waals surface area contributed by atoms with Gasteiger partial charge in [0.2, 0.25) is 0 Å². The summed E-state index contributed by atoms with van der Waals surface area (Å²) >= 11 is 0. The van der Waals surface area contributed by atoms with Crippen LogP contribution < -0.4 is 5.32 Å². The van der Waals surface area contributed by atoms with E-state index in [4.69, 9.17) is 4.42 Å². The summed E-state index contributed by atoms with van der Waals surface area (Å²) in [6.07, 6.45) is 0. The molecule has 0 spiro atoms. The first-order valence-electron chi connectivity index (χ1n) is 6.13. The van der Waals surface area contributed by atoms with E-state index in [2.05, 4.69) is 22.2 Å². The average Bonchev–Trinajstić information content (AvgIpc) is 2.80. The third-order valence-corrected chi connectivity index (χ3v) is 2.85. The van der Waals surface area contributed by atoms with E-state index in [1.165, 1.54) is 12.7 Å². The van der Waals surface area contributed by atoms with Crippen LogP contribution in [0.5, 0.6) is 0 Å². The first-order valence-corrected chi connectivity index (χ1v) is 6.13. The highest BCUT2D eigenvalue weighted by molar-refractivity contribution is 5.90. The molecule has 0 atom stereocenters. The van der Waals surface area contributed by atoms with E-state index in [0.717, 1.165) is 12.3 Å². The number of hydrogen-bond donors (Lipinski definition) is 1. The van der Waals surface area contributed by atoms with Crippen LogP contribution in [-0.2, 0) is 17.8 Å². The van der Waals surface area contributed by atoms with Crippen molar-refractivity contribution in [3.05, 3.63) is 59.0 Å². The largest absolute Gasteiger partial charge is 0.465 e. The number of carbonyl (C=O) groups is 1. The molecule has 0 aliphatic rings. The van der Waals surface area contributed by atoms with Gasteiger partial charge in [-0.15, -0.1) is 0 Å². The molecule has 0 bridgehead atoms. The second kappa shape index (κ2) is 6.20. The maximum absolute atomic E-state index is 11.4. The number of ether oxygens (including phenoxy) is 1. The van der Waals surface area contributed by atoms with Gasteiger partial charge in [-0.25, -0.2) is 4.79 Å². The smallest absolute Gasteiger partial charge is 0.341 e. The summed E-state index contributed by atoms with van der Waals surface area (Å²) in [6, 6.07) is 11.8. The van der Waals surface area contributed by atoms with Crippen molar-refractivity contribution < 1.29 is 13.9 Å². The van der Waals surface area contributed by atoms with Crippen molar-refractivity contribution >= 4 is 5.97 Å². The first-order chi connectivity index (χ1) is 9.20. The lowest BCUT2D eigenvalue weighted by atomic mass is 10.2. The number of nitrogens with one attached hydrogen (secondary N) is 1. The summed E-state index contributed by atoms with van der Waals surface area (Å²) in [5.74, 6) is 0.952. The molecule has 0 fully saturated rings. The molecule has 4 heteroatoms. The Labute approximate surface area is 112 Å². The second-order valence-electron chi connectivity index (χ2n) is 4.26. The van der Waals surface area contributed by atoms with Crippen molar-refractivity contribution in [1.29, 1.82) is 0 Å². The Kier molecular flexibility index (Phi) is 4.36. The third kappa shape index (κ3) is 3.45. The van der Waals surface area contributed by atoms with Crippen LogP contribution in [0, 0.1) is 6.92 Å². The van der Waals surface area contributed by atoms with Crippen molar-refractivity contribution in [3.63, 3.8) is 0 Å². The van der Waals surface area contributed by atoms with Crippen molar-refractivity contribution in [2.45, 2.75) is 20.0 Å². The molecule has 2 aromatic rings. The molecule has 1 aromatic carbocycles. The highest BCUT2D eigenvalue weighted by atomic mass is 16.5. The van der Waals surface area contributed by atoms with Crippen LogP contribution in [0.3, 0.4) is 0 Å². The van der Waals surface area contributed by atoms with Crippen molar-refractivity contribution in [2.75, 3.05) is 7.11 Å². The molecule has 100 valence electrons. The molecule has 0 saturated heterocycles. The number of rotatable bonds is 5. The summed E-state index contributed by atoms with van der Waals surface area (Å²) in [5, 5.41) is 3.27. The zero-order valence-electron chi connectivity index (χ0n) is 11.1. The topological polar surface area (TPSA) is 51.5 Å². The van der Waals surface area contributed by atoms with E-state index < -0.39 is 0 Å². The van der Waals surface area contributed by atoms with Gasteiger partial charge in [0.15, 0.2) is 0 Å². The van der Waals surface area contributed by atoms with E-state index >= 15 is 0 Å². The lowest BCUT2D eigenvalue weighted by molar-refractivity contribution is 0.0599. The number of aryl methyl sites for hydroxylation is 1. The molecule has 0 aliphatic carbocycles. The standard InChI is InChI=1S/C15H17NO3/c1-11-14(15(17)18-2)8-13(19-11)10-16-9-12-6-4-3-5-7-12/h3-8,16H,9-10H2,1-2H3. The Morgan fingerprint density at radius 1 is 1.26 bits per heavy atom. The Hall–Kier alpha value is -2.07. The van der Waals surface area contributed by atoms with Crippen molar-refractivity contribution in [3.8, 4) is 0 Å². The molecule has 1 aromatic heterocycles. The lowest BCUT2D eigenvalue weighted by Crippen LogP contribution is -2.12. The number of benzene rings is 1. The predicted octanol–water partition coefficient (Wildman–Crippen LogP) is 2.66. The average molecular weight is 259 g/mol. The van der Waals surface area contributed by atoms with E-state index in [-0.39, 0.29) is 5.97 Å². The quantitative estimate of drug-likeness (QED) is 0.839. The molecule has 0 saturated carbocycles. The van der Waals surface area contributed by atoms with E-state index in [9.17, 15) is 4.79 Å². The van der Waals surface area contributed by atoms with Gasteiger partial charge in [0.05, 0.1) is 13.7 Å². The van der Waals surface area contributed by atoms with Gasteiger partial charge in [0.25, 0.3) is 0 Å². The fourth-order valence-corrected chi connectivity index (χ4v) is 1.87. The van der Waals surface area contributed by atoms with Gasteiger partial charge in [0, 0.05) is 6.54 Å². The van der Waals surface area contributed by atoms with Crippen LogP contribution in [0.25, 0.3) is 0 Å². The van der Waals surface area contributed by atoms with Crippen LogP contribution in [0.15, 0.2) is 40.8 Å². The van der Waals surface area contributed by atoms with Gasteiger partial charge < -0.3 is 14.5 Å². The minimum absolute atomic E-state index is 0.365. The normalized spacial score (nSPS) is 10.4. The number of hydrogen-bond acceptors (Lipinski definition) is 4. The van der Waals surface area contributed by atoms with Crippen LogP contribution >= 0.6 is 0 Å². The number of furan rings is 1. The highest BCUT2D eigenvalue weighted by Gasteiger charge is 2.14. The molecule has 1 N–H and O–H groups in total.